The monoisotopic (exact) mass is 480 g/mol. The van der Waals surface area contributed by atoms with Gasteiger partial charge in [-0.1, -0.05) is 42.5 Å². The van der Waals surface area contributed by atoms with Crippen molar-refractivity contribution in [2.45, 2.75) is 19.3 Å². The maximum absolute atomic E-state index is 12.1. The summed E-state index contributed by atoms with van der Waals surface area (Å²) < 4.78 is 15.1. The van der Waals surface area contributed by atoms with Gasteiger partial charge in [-0.3, -0.25) is 10.1 Å². The Hall–Kier alpha value is -4.93. The minimum Gasteiger partial charge on any atom is -0.479 e. The van der Waals surface area contributed by atoms with Crippen molar-refractivity contribution >= 4 is 23.9 Å². The third kappa shape index (κ3) is 7.56. The van der Waals surface area contributed by atoms with Crippen molar-refractivity contribution in [1.29, 1.82) is 0 Å². The fourth-order valence-corrected chi connectivity index (χ4v) is 2.88. The van der Waals surface area contributed by atoms with Gasteiger partial charge in [-0.15, -0.1) is 0 Å². The van der Waals surface area contributed by atoms with E-state index in [2.05, 4.69) is 5.32 Å². The number of non-ortho nitro benzene ring substituents is 1. The maximum atomic E-state index is 12.1. The zero-order chi connectivity index (χ0) is 25.2. The molecule has 0 aliphatic heterocycles. The van der Waals surface area contributed by atoms with Crippen LogP contribution in [0.1, 0.15) is 22.7 Å². The summed E-state index contributed by atoms with van der Waals surface area (Å²) in [4.78, 5) is 45.7. The lowest BCUT2D eigenvalue weighted by Crippen LogP contribution is -2.34. The van der Waals surface area contributed by atoms with Gasteiger partial charge in [-0.25, -0.2) is 14.4 Å². The number of hydrogen-bond acceptors (Lipinski definition) is 8. The summed E-state index contributed by atoms with van der Waals surface area (Å²) in [6.45, 7) is -0.182. The molecule has 0 radical (unpaired) electrons. The number of carboxylic acid groups (broad SMARTS) is 1. The predicted octanol–water partition coefficient (Wildman–Crippen LogP) is 4.36. The number of rotatable bonds is 9. The van der Waals surface area contributed by atoms with Gasteiger partial charge >= 0.3 is 18.2 Å². The fraction of sp³-hybridized carbons (Fsp3) is 0.125. The Balaban J connectivity index is 1.52. The van der Waals surface area contributed by atoms with E-state index in [0.717, 1.165) is 5.56 Å². The van der Waals surface area contributed by atoms with Crippen LogP contribution in [0.15, 0.2) is 78.9 Å². The van der Waals surface area contributed by atoms with Crippen molar-refractivity contribution in [2.24, 2.45) is 0 Å². The van der Waals surface area contributed by atoms with Crippen LogP contribution in [0, 0.1) is 10.1 Å². The number of nitro groups is 1. The van der Waals surface area contributed by atoms with Gasteiger partial charge in [-0.05, 0) is 41.0 Å². The van der Waals surface area contributed by atoms with Crippen LogP contribution in [0.4, 0.5) is 15.3 Å². The summed E-state index contributed by atoms with van der Waals surface area (Å²) in [5.74, 6) is -1.22. The molecule has 1 amide bonds. The van der Waals surface area contributed by atoms with Gasteiger partial charge in [0.1, 0.15) is 19.0 Å². The van der Waals surface area contributed by atoms with Gasteiger partial charge in [0.05, 0.1) is 4.92 Å². The summed E-state index contributed by atoms with van der Waals surface area (Å²) >= 11 is 0. The van der Waals surface area contributed by atoms with E-state index >= 15 is 0 Å². The Labute approximate surface area is 199 Å². The number of nitrogens with one attached hydrogen (secondary N) is 1. The van der Waals surface area contributed by atoms with Gasteiger partial charge in [0.2, 0.25) is 0 Å². The van der Waals surface area contributed by atoms with Crippen molar-refractivity contribution in [3.8, 4) is 5.75 Å². The molecule has 0 aromatic heterocycles. The van der Waals surface area contributed by atoms with E-state index in [-0.39, 0.29) is 30.2 Å². The summed E-state index contributed by atoms with van der Waals surface area (Å²) in [7, 11) is 0. The molecule has 3 aromatic rings. The number of benzene rings is 3. The van der Waals surface area contributed by atoms with Crippen LogP contribution in [0.5, 0.6) is 5.75 Å². The molecule has 0 heterocycles. The van der Waals surface area contributed by atoms with Crippen LogP contribution in [-0.4, -0.2) is 28.2 Å². The molecule has 11 heteroatoms. The van der Waals surface area contributed by atoms with E-state index < -0.39 is 29.2 Å². The maximum Gasteiger partial charge on any atom is 0.514 e. The minimum absolute atomic E-state index is 0.0325. The first kappa shape index (κ1) is 24.7. The van der Waals surface area contributed by atoms with Crippen LogP contribution in [0.3, 0.4) is 0 Å². The van der Waals surface area contributed by atoms with Crippen LogP contribution in [0.25, 0.3) is 0 Å². The number of carbonyl (C=O) groups excluding carboxylic acids is 2. The average Bonchev–Trinajstić information content (AvgIpc) is 2.86. The predicted molar refractivity (Wildman–Crippen MR) is 120 cm³/mol. The summed E-state index contributed by atoms with van der Waals surface area (Å²) in [6, 6.07) is 18.4. The summed E-state index contributed by atoms with van der Waals surface area (Å²) in [5.41, 5.74) is 1.37. The second-order valence-corrected chi connectivity index (χ2v) is 7.11. The van der Waals surface area contributed by atoms with Gasteiger partial charge in [0.15, 0.2) is 6.04 Å². The second-order valence-electron chi connectivity index (χ2n) is 7.11. The van der Waals surface area contributed by atoms with E-state index in [1.807, 2.05) is 6.07 Å². The van der Waals surface area contributed by atoms with E-state index in [1.54, 1.807) is 24.3 Å². The normalized spacial score (nSPS) is 11.1. The number of ether oxygens (including phenoxy) is 3. The molecular formula is C24H20N2O9. The molecule has 0 spiro atoms. The Morgan fingerprint density at radius 2 is 1.46 bits per heavy atom. The van der Waals surface area contributed by atoms with E-state index in [9.17, 15) is 29.6 Å². The highest BCUT2D eigenvalue weighted by Gasteiger charge is 2.23. The Kier molecular flexibility index (Phi) is 8.33. The number of amides is 1. The molecule has 180 valence electrons. The fourth-order valence-electron chi connectivity index (χ4n) is 2.88. The van der Waals surface area contributed by atoms with Crippen LogP contribution in [0.2, 0.25) is 0 Å². The highest BCUT2D eigenvalue weighted by Crippen LogP contribution is 2.19. The Bertz CT molecular complexity index is 1180. The number of alkyl carbamates (subject to hydrolysis) is 1. The molecule has 0 fully saturated rings. The Morgan fingerprint density at radius 3 is 2.06 bits per heavy atom. The minimum atomic E-state index is -1.43. The van der Waals surface area contributed by atoms with E-state index in [0.29, 0.717) is 5.56 Å². The molecule has 35 heavy (non-hydrogen) atoms. The lowest BCUT2D eigenvalue weighted by Gasteiger charge is -2.15. The molecule has 0 aliphatic carbocycles. The molecule has 3 aromatic carbocycles. The van der Waals surface area contributed by atoms with Crippen molar-refractivity contribution < 1.29 is 38.6 Å². The first-order valence-electron chi connectivity index (χ1n) is 10.2. The lowest BCUT2D eigenvalue weighted by molar-refractivity contribution is -0.384. The Morgan fingerprint density at radius 1 is 0.857 bits per heavy atom. The molecule has 1 unspecified atom stereocenters. The standard InChI is InChI=1S/C24H20N2O9/c27-22(28)21(25-23(29)33-14-17-6-10-19(11-7-17)26(31)32)18-8-12-20(13-9-18)35-24(30)34-15-16-4-2-1-3-5-16/h1-13,21H,14-15H2,(H,25,29)(H,27,28). The van der Waals surface area contributed by atoms with Gasteiger partial charge in [0.25, 0.3) is 5.69 Å². The van der Waals surface area contributed by atoms with Gasteiger partial charge in [0, 0.05) is 12.1 Å². The smallest absolute Gasteiger partial charge is 0.479 e. The van der Waals surface area contributed by atoms with Crippen LogP contribution < -0.4 is 10.1 Å². The quantitative estimate of drug-likeness (QED) is 0.197. The first-order valence-corrected chi connectivity index (χ1v) is 10.2. The van der Waals surface area contributed by atoms with Crippen LogP contribution >= 0.6 is 0 Å². The number of nitro benzene ring substituents is 1. The molecule has 0 bridgehead atoms. The molecule has 3 rings (SSSR count). The van der Waals surface area contributed by atoms with Crippen molar-refractivity contribution in [2.75, 3.05) is 0 Å². The van der Waals surface area contributed by atoms with Crippen molar-refractivity contribution in [1.82, 2.24) is 5.32 Å². The molecule has 0 saturated carbocycles. The third-order valence-corrected chi connectivity index (χ3v) is 4.64. The van der Waals surface area contributed by atoms with Crippen molar-refractivity contribution in [3.05, 3.63) is 106 Å². The SMILES string of the molecule is O=C(NC(C(=O)O)c1ccc(OC(=O)OCc2ccccc2)cc1)OCc1ccc([N+](=O)[O-])cc1. The molecule has 0 saturated heterocycles. The van der Waals surface area contributed by atoms with Crippen LogP contribution in [-0.2, 0) is 27.5 Å². The topological polar surface area (TPSA) is 154 Å². The van der Waals surface area contributed by atoms with E-state index in [1.165, 1.54) is 48.5 Å². The summed E-state index contributed by atoms with van der Waals surface area (Å²) in [5, 5.41) is 22.4. The number of hydrogen-bond donors (Lipinski definition) is 2. The van der Waals surface area contributed by atoms with Crippen molar-refractivity contribution in [3.63, 3.8) is 0 Å². The van der Waals surface area contributed by atoms with Gasteiger partial charge in [-0.2, -0.15) is 0 Å². The molecule has 11 nitrogen and oxygen atoms in total. The summed E-state index contributed by atoms with van der Waals surface area (Å²) in [6.07, 6.45) is -1.93. The third-order valence-electron chi connectivity index (χ3n) is 4.64. The molecular weight excluding hydrogens is 460 g/mol. The van der Waals surface area contributed by atoms with E-state index in [4.69, 9.17) is 14.2 Å². The largest absolute Gasteiger partial charge is 0.514 e. The average molecular weight is 480 g/mol. The highest BCUT2D eigenvalue weighted by atomic mass is 16.7. The zero-order valence-corrected chi connectivity index (χ0v) is 18.2. The van der Waals surface area contributed by atoms with Gasteiger partial charge < -0.3 is 24.6 Å². The number of carboxylic acids is 1. The molecule has 1 atom stereocenters. The second kappa shape index (κ2) is 11.8. The molecule has 0 aliphatic rings. The highest BCUT2D eigenvalue weighted by molar-refractivity contribution is 5.81. The number of nitrogens with zero attached hydrogens (tertiary/aromatic N) is 1. The lowest BCUT2D eigenvalue weighted by atomic mass is 10.1. The zero-order valence-electron chi connectivity index (χ0n) is 18.2. The number of carbonyl (C=O) groups is 3. The molecule has 2 N–H and O–H groups in total. The number of aliphatic carboxylic acids is 1. The first-order chi connectivity index (χ1) is 16.8.